The summed E-state index contributed by atoms with van der Waals surface area (Å²) in [7, 11) is 1.79. The minimum absolute atomic E-state index is 0.0923. The Morgan fingerprint density at radius 3 is 2.67 bits per heavy atom. The molecule has 2 amide bonds. The molecule has 2 rings (SSSR count). The molecule has 1 heterocycles. The number of quaternary nitrogens is 1. The maximum Gasteiger partial charge on any atom is 0.279 e. The molecule has 0 bridgehead atoms. The monoisotopic (exact) mass is 374 g/mol. The van der Waals surface area contributed by atoms with Gasteiger partial charge in [0.25, 0.3) is 11.8 Å². The van der Waals surface area contributed by atoms with Crippen molar-refractivity contribution in [1.29, 1.82) is 0 Å². The Balaban J connectivity index is 1.70. The van der Waals surface area contributed by atoms with Crippen molar-refractivity contribution >= 4 is 40.7 Å². The molecule has 1 aromatic carbocycles. The first-order chi connectivity index (χ1) is 11.4. The summed E-state index contributed by atoms with van der Waals surface area (Å²) in [4.78, 5) is 24.7. The Bertz CT molecular complexity index is 592. The van der Waals surface area contributed by atoms with Gasteiger partial charge in [0.15, 0.2) is 13.1 Å². The fourth-order valence-corrected chi connectivity index (χ4v) is 2.78. The quantitative estimate of drug-likeness (QED) is 0.659. The number of halogens is 2. The van der Waals surface area contributed by atoms with E-state index in [0.29, 0.717) is 22.3 Å². The van der Waals surface area contributed by atoms with Crippen molar-refractivity contribution in [2.75, 3.05) is 38.6 Å². The number of likely N-dealkylation sites (N-methyl/N-ethyl adjacent to an activating group) is 1. The molecule has 0 spiro atoms. The molecule has 6 nitrogen and oxygen atoms in total. The zero-order valence-electron chi connectivity index (χ0n) is 13.5. The number of hydrogen-bond donors (Lipinski definition) is 3. The van der Waals surface area contributed by atoms with E-state index in [9.17, 15) is 9.59 Å². The van der Waals surface area contributed by atoms with Crippen molar-refractivity contribution in [1.82, 2.24) is 5.32 Å². The molecule has 1 aromatic rings. The van der Waals surface area contributed by atoms with Crippen LogP contribution in [-0.2, 0) is 14.3 Å². The minimum Gasteiger partial charge on any atom is -0.376 e. The molecule has 1 fully saturated rings. The summed E-state index contributed by atoms with van der Waals surface area (Å²) in [5, 5.41) is 6.39. The SMILES string of the molecule is C[NH+](CC(=O)NC[C@H]1CCCO1)CC(=O)Nc1ccc(Cl)c(Cl)c1. The highest BCUT2D eigenvalue weighted by molar-refractivity contribution is 6.42. The number of rotatable bonds is 7. The zero-order valence-corrected chi connectivity index (χ0v) is 15.0. The molecule has 2 atom stereocenters. The second-order valence-electron chi connectivity index (χ2n) is 5.93. The predicted molar refractivity (Wildman–Crippen MR) is 93.7 cm³/mol. The van der Waals surface area contributed by atoms with Gasteiger partial charge in [0, 0.05) is 18.8 Å². The van der Waals surface area contributed by atoms with Crippen LogP contribution in [0.3, 0.4) is 0 Å². The molecule has 0 radical (unpaired) electrons. The average Bonchev–Trinajstić information content (AvgIpc) is 3.02. The lowest BCUT2D eigenvalue weighted by atomic mass is 10.2. The summed E-state index contributed by atoms with van der Waals surface area (Å²) < 4.78 is 5.45. The van der Waals surface area contributed by atoms with Gasteiger partial charge in [-0.15, -0.1) is 0 Å². The number of nitrogens with one attached hydrogen (secondary N) is 3. The van der Waals surface area contributed by atoms with E-state index < -0.39 is 0 Å². The Morgan fingerprint density at radius 1 is 1.25 bits per heavy atom. The van der Waals surface area contributed by atoms with E-state index in [4.69, 9.17) is 27.9 Å². The van der Waals surface area contributed by atoms with Gasteiger partial charge in [-0.05, 0) is 31.0 Å². The Morgan fingerprint density at radius 2 is 2.00 bits per heavy atom. The minimum atomic E-state index is -0.196. The fraction of sp³-hybridized carbons (Fsp3) is 0.500. The van der Waals surface area contributed by atoms with E-state index >= 15 is 0 Å². The summed E-state index contributed by atoms with van der Waals surface area (Å²) in [6, 6.07) is 4.88. The van der Waals surface area contributed by atoms with Crippen LogP contribution >= 0.6 is 23.2 Å². The number of carbonyl (C=O) groups is 2. The van der Waals surface area contributed by atoms with E-state index in [2.05, 4.69) is 10.6 Å². The smallest absolute Gasteiger partial charge is 0.279 e. The average molecular weight is 375 g/mol. The molecule has 1 unspecified atom stereocenters. The van der Waals surface area contributed by atoms with E-state index in [-0.39, 0.29) is 31.0 Å². The van der Waals surface area contributed by atoms with Gasteiger partial charge in [0.05, 0.1) is 23.2 Å². The van der Waals surface area contributed by atoms with Crippen LogP contribution in [-0.4, -0.2) is 51.2 Å². The molecule has 0 aliphatic carbocycles. The molecule has 1 aliphatic heterocycles. The highest BCUT2D eigenvalue weighted by atomic mass is 35.5. The molecule has 0 aromatic heterocycles. The topological polar surface area (TPSA) is 71.9 Å². The lowest BCUT2D eigenvalue weighted by molar-refractivity contribution is -0.862. The second kappa shape index (κ2) is 9.22. The number of hydrogen-bond acceptors (Lipinski definition) is 3. The van der Waals surface area contributed by atoms with Gasteiger partial charge in [-0.2, -0.15) is 0 Å². The van der Waals surface area contributed by atoms with Crippen LogP contribution in [0.5, 0.6) is 0 Å². The molecule has 1 aliphatic rings. The summed E-state index contributed by atoms with van der Waals surface area (Å²) in [6.45, 7) is 1.69. The van der Waals surface area contributed by atoms with Crippen molar-refractivity contribution in [3.05, 3.63) is 28.2 Å². The van der Waals surface area contributed by atoms with Gasteiger partial charge in [-0.25, -0.2) is 0 Å². The number of anilines is 1. The van der Waals surface area contributed by atoms with E-state index in [1.165, 1.54) is 0 Å². The molecule has 24 heavy (non-hydrogen) atoms. The number of carbonyl (C=O) groups excluding carboxylic acids is 2. The predicted octanol–water partition coefficient (Wildman–Crippen LogP) is 0.742. The summed E-state index contributed by atoms with van der Waals surface area (Å²) in [5.74, 6) is -0.289. The second-order valence-corrected chi connectivity index (χ2v) is 6.74. The largest absolute Gasteiger partial charge is 0.376 e. The van der Waals surface area contributed by atoms with Crippen LogP contribution in [0.25, 0.3) is 0 Å². The lowest BCUT2D eigenvalue weighted by Crippen LogP contribution is -3.11. The molecular formula is C16H22Cl2N3O3+. The normalized spacial score (nSPS) is 18.2. The Labute approximate surface area is 151 Å². The van der Waals surface area contributed by atoms with Gasteiger partial charge >= 0.3 is 0 Å². The van der Waals surface area contributed by atoms with E-state index in [1.807, 2.05) is 0 Å². The summed E-state index contributed by atoms with van der Waals surface area (Å²) in [5.41, 5.74) is 0.574. The van der Waals surface area contributed by atoms with E-state index in [1.54, 1.807) is 25.2 Å². The van der Waals surface area contributed by atoms with Crippen LogP contribution < -0.4 is 15.5 Å². The highest BCUT2D eigenvalue weighted by Crippen LogP contribution is 2.24. The molecular weight excluding hydrogens is 353 g/mol. The van der Waals surface area contributed by atoms with Crippen molar-refractivity contribution in [2.45, 2.75) is 18.9 Å². The summed E-state index contributed by atoms with van der Waals surface area (Å²) in [6.07, 6.45) is 2.14. The molecule has 3 N–H and O–H groups in total. The van der Waals surface area contributed by atoms with Crippen LogP contribution in [0.4, 0.5) is 5.69 Å². The van der Waals surface area contributed by atoms with Crippen LogP contribution in [0.15, 0.2) is 18.2 Å². The van der Waals surface area contributed by atoms with Gasteiger partial charge in [0.1, 0.15) is 0 Å². The first kappa shape index (κ1) is 19.0. The van der Waals surface area contributed by atoms with Gasteiger partial charge < -0.3 is 20.3 Å². The van der Waals surface area contributed by atoms with Crippen LogP contribution in [0.1, 0.15) is 12.8 Å². The van der Waals surface area contributed by atoms with Gasteiger partial charge in [-0.1, -0.05) is 23.2 Å². The standard InChI is InChI=1S/C16H21Cl2N3O3/c1-21(9-15(22)19-8-12-3-2-6-24-12)10-16(23)20-11-4-5-13(17)14(18)7-11/h4-5,7,12H,2-3,6,8-10H2,1H3,(H,19,22)(H,20,23)/p+1/t12-/m1/s1. The van der Waals surface area contributed by atoms with Gasteiger partial charge in [-0.3, -0.25) is 9.59 Å². The van der Waals surface area contributed by atoms with Crippen LogP contribution in [0.2, 0.25) is 10.0 Å². The maximum atomic E-state index is 12.0. The highest BCUT2D eigenvalue weighted by Gasteiger charge is 2.18. The lowest BCUT2D eigenvalue weighted by Gasteiger charge is -2.15. The first-order valence-corrected chi connectivity index (χ1v) is 8.64. The third-order valence-corrected chi connectivity index (χ3v) is 4.42. The van der Waals surface area contributed by atoms with Crippen molar-refractivity contribution in [3.8, 4) is 0 Å². The molecule has 0 saturated carbocycles. The summed E-state index contributed by atoms with van der Waals surface area (Å²) >= 11 is 11.7. The Kier molecular flexibility index (Phi) is 7.30. The fourth-order valence-electron chi connectivity index (χ4n) is 2.49. The van der Waals surface area contributed by atoms with Crippen molar-refractivity contribution in [3.63, 3.8) is 0 Å². The van der Waals surface area contributed by atoms with Crippen molar-refractivity contribution < 1.29 is 19.2 Å². The molecule has 8 heteroatoms. The van der Waals surface area contributed by atoms with E-state index in [0.717, 1.165) is 24.3 Å². The van der Waals surface area contributed by atoms with Crippen LogP contribution in [0, 0.1) is 0 Å². The first-order valence-electron chi connectivity index (χ1n) is 7.88. The zero-order chi connectivity index (χ0) is 17.5. The number of amides is 2. The van der Waals surface area contributed by atoms with Gasteiger partial charge in [0.2, 0.25) is 0 Å². The third kappa shape index (κ3) is 6.28. The third-order valence-electron chi connectivity index (χ3n) is 3.68. The maximum absolute atomic E-state index is 12.0. The Hall–Kier alpha value is -1.34. The molecule has 1 saturated heterocycles. The van der Waals surface area contributed by atoms with Crippen molar-refractivity contribution in [2.24, 2.45) is 0 Å². The number of benzene rings is 1. The molecule has 132 valence electrons. The number of ether oxygens (including phenoxy) is 1.